The number of unbranched alkanes of at least 4 members (excludes halogenated alkanes) is 1. The number of rotatable bonds is 7. The fraction of sp³-hybridized carbons (Fsp3) is 0.688. The Labute approximate surface area is 141 Å². The molecule has 0 radical (unpaired) electrons. The van der Waals surface area contributed by atoms with Gasteiger partial charge in [0.2, 0.25) is 0 Å². The number of esters is 1. The van der Waals surface area contributed by atoms with Crippen LogP contribution in [-0.4, -0.2) is 46.8 Å². The van der Waals surface area contributed by atoms with E-state index in [9.17, 15) is 14.4 Å². The number of nitrogens with one attached hydrogen (secondary N) is 2. The molecule has 1 aliphatic rings. The summed E-state index contributed by atoms with van der Waals surface area (Å²) in [4.78, 5) is 34.4. The maximum atomic E-state index is 12.1. The van der Waals surface area contributed by atoms with Crippen molar-refractivity contribution in [3.63, 3.8) is 0 Å². The Kier molecular flexibility index (Phi) is 6.50. The SMILES string of the molecule is CC1(C)C=C(C(=O)OC(=O)NCCCC[C@H](N)C(=O)O)C(C)(C)N1. The summed E-state index contributed by atoms with van der Waals surface area (Å²) < 4.78 is 4.81. The summed E-state index contributed by atoms with van der Waals surface area (Å²) in [6.07, 6.45) is 2.37. The van der Waals surface area contributed by atoms with E-state index in [0.29, 0.717) is 24.8 Å². The van der Waals surface area contributed by atoms with E-state index in [1.807, 2.05) is 27.7 Å². The number of carbonyl (C=O) groups is 3. The summed E-state index contributed by atoms with van der Waals surface area (Å²) in [7, 11) is 0. The van der Waals surface area contributed by atoms with Crippen LogP contribution in [-0.2, 0) is 14.3 Å². The third kappa shape index (κ3) is 5.93. The Balaban J connectivity index is 2.35. The van der Waals surface area contributed by atoms with Gasteiger partial charge in [0.15, 0.2) is 0 Å². The highest BCUT2D eigenvalue weighted by Crippen LogP contribution is 2.30. The molecule has 0 saturated carbocycles. The average Bonchev–Trinajstić information content (AvgIpc) is 2.65. The van der Waals surface area contributed by atoms with Crippen LogP contribution in [0.3, 0.4) is 0 Å². The number of nitrogens with two attached hydrogens (primary N) is 1. The molecule has 24 heavy (non-hydrogen) atoms. The first-order valence-corrected chi connectivity index (χ1v) is 7.96. The van der Waals surface area contributed by atoms with Crippen molar-refractivity contribution >= 4 is 18.0 Å². The summed E-state index contributed by atoms with van der Waals surface area (Å²) >= 11 is 0. The maximum Gasteiger partial charge on any atom is 0.415 e. The second-order valence-corrected chi connectivity index (χ2v) is 7.07. The van der Waals surface area contributed by atoms with Gasteiger partial charge in [-0.1, -0.05) is 6.08 Å². The minimum atomic E-state index is -1.04. The number of aliphatic carboxylic acids is 1. The lowest BCUT2D eigenvalue weighted by atomic mass is 9.97. The third-order valence-electron chi connectivity index (χ3n) is 3.75. The topological polar surface area (TPSA) is 131 Å². The van der Waals surface area contributed by atoms with E-state index in [4.69, 9.17) is 15.6 Å². The number of carboxylic acids is 1. The molecule has 0 aromatic carbocycles. The van der Waals surface area contributed by atoms with E-state index in [2.05, 4.69) is 10.6 Å². The molecule has 0 spiro atoms. The van der Waals surface area contributed by atoms with E-state index >= 15 is 0 Å². The second-order valence-electron chi connectivity index (χ2n) is 7.07. The van der Waals surface area contributed by atoms with Gasteiger partial charge >= 0.3 is 18.0 Å². The minimum absolute atomic E-state index is 0.282. The van der Waals surface area contributed by atoms with Gasteiger partial charge in [-0.2, -0.15) is 0 Å². The first-order valence-electron chi connectivity index (χ1n) is 7.96. The normalized spacial score (nSPS) is 19.3. The molecule has 0 saturated heterocycles. The van der Waals surface area contributed by atoms with Crippen molar-refractivity contribution in [1.29, 1.82) is 0 Å². The maximum absolute atomic E-state index is 12.1. The van der Waals surface area contributed by atoms with Crippen LogP contribution >= 0.6 is 0 Å². The molecule has 0 unspecified atom stereocenters. The largest absolute Gasteiger partial charge is 0.480 e. The summed E-state index contributed by atoms with van der Waals surface area (Å²) in [5, 5.41) is 14.4. The standard InChI is InChI=1S/C16H27N3O5/c1-15(2)9-10(16(3,4)19-15)13(22)24-14(23)18-8-6-5-7-11(17)12(20)21/h9,11,19H,5-8,17H2,1-4H3,(H,18,23)(H,20,21)/t11-/m0/s1. The van der Waals surface area contributed by atoms with Crippen LogP contribution in [0.15, 0.2) is 11.6 Å². The molecule has 0 aromatic rings. The van der Waals surface area contributed by atoms with Gasteiger partial charge in [-0.3, -0.25) is 10.1 Å². The molecule has 1 aliphatic heterocycles. The predicted octanol–water partition coefficient (Wildman–Crippen LogP) is 0.908. The van der Waals surface area contributed by atoms with Gasteiger partial charge in [0, 0.05) is 17.6 Å². The summed E-state index contributed by atoms with van der Waals surface area (Å²) in [6, 6.07) is -0.897. The number of hydrogen-bond acceptors (Lipinski definition) is 6. The number of hydrogen-bond donors (Lipinski definition) is 4. The molecule has 0 bridgehead atoms. The van der Waals surface area contributed by atoms with Crippen molar-refractivity contribution in [2.45, 2.75) is 64.1 Å². The van der Waals surface area contributed by atoms with E-state index < -0.39 is 29.6 Å². The van der Waals surface area contributed by atoms with Crippen LogP contribution in [0, 0.1) is 0 Å². The average molecular weight is 341 g/mol. The second kappa shape index (κ2) is 7.76. The highest BCUT2D eigenvalue weighted by atomic mass is 16.6. The lowest BCUT2D eigenvalue weighted by molar-refractivity contribution is -0.138. The molecule has 8 nitrogen and oxygen atoms in total. The summed E-state index contributed by atoms with van der Waals surface area (Å²) in [5.74, 6) is -1.72. The van der Waals surface area contributed by atoms with Crippen molar-refractivity contribution in [1.82, 2.24) is 10.6 Å². The number of carbonyl (C=O) groups excluding carboxylic acids is 2. The van der Waals surface area contributed by atoms with E-state index in [1.54, 1.807) is 6.08 Å². The van der Waals surface area contributed by atoms with Crippen LogP contribution in [0.5, 0.6) is 0 Å². The van der Waals surface area contributed by atoms with Gasteiger partial charge in [0.05, 0.1) is 5.57 Å². The van der Waals surface area contributed by atoms with E-state index in [-0.39, 0.29) is 12.1 Å². The number of ether oxygens (including phenoxy) is 1. The molecule has 1 rings (SSSR count). The Hall–Kier alpha value is -1.93. The van der Waals surface area contributed by atoms with Crippen molar-refractivity contribution in [3.05, 3.63) is 11.6 Å². The summed E-state index contributed by atoms with van der Waals surface area (Å²) in [5.41, 5.74) is 4.86. The fourth-order valence-corrected chi connectivity index (χ4v) is 2.74. The Morgan fingerprint density at radius 3 is 2.42 bits per heavy atom. The molecule has 1 amide bonds. The zero-order chi connectivity index (χ0) is 18.5. The fourth-order valence-electron chi connectivity index (χ4n) is 2.74. The Bertz CT molecular complexity index is 540. The lowest BCUT2D eigenvalue weighted by Crippen LogP contribution is -2.47. The van der Waals surface area contributed by atoms with Gasteiger partial charge in [0.25, 0.3) is 0 Å². The van der Waals surface area contributed by atoms with Crippen LogP contribution in [0.2, 0.25) is 0 Å². The van der Waals surface area contributed by atoms with E-state index in [1.165, 1.54) is 0 Å². The molecule has 1 heterocycles. The third-order valence-corrected chi connectivity index (χ3v) is 3.75. The zero-order valence-corrected chi connectivity index (χ0v) is 14.6. The summed E-state index contributed by atoms with van der Waals surface area (Å²) in [6.45, 7) is 7.83. The molecule has 5 N–H and O–H groups in total. The smallest absolute Gasteiger partial charge is 0.415 e. The van der Waals surface area contributed by atoms with Gasteiger partial charge in [-0.05, 0) is 47.0 Å². The van der Waals surface area contributed by atoms with Gasteiger partial charge < -0.3 is 20.9 Å². The lowest BCUT2D eigenvalue weighted by Gasteiger charge is -2.27. The van der Waals surface area contributed by atoms with E-state index in [0.717, 1.165) is 0 Å². The van der Waals surface area contributed by atoms with Gasteiger partial charge in [0.1, 0.15) is 6.04 Å². The predicted molar refractivity (Wildman–Crippen MR) is 88.3 cm³/mol. The van der Waals surface area contributed by atoms with Crippen molar-refractivity contribution in [2.75, 3.05) is 6.54 Å². The van der Waals surface area contributed by atoms with Crippen molar-refractivity contribution < 1.29 is 24.2 Å². The molecule has 8 heteroatoms. The molecule has 1 atom stereocenters. The molecule has 0 aromatic heterocycles. The molecule has 136 valence electrons. The number of carboxylic acid groups (broad SMARTS) is 1. The van der Waals surface area contributed by atoms with Crippen LogP contribution in [0.1, 0.15) is 47.0 Å². The first kappa shape index (κ1) is 20.1. The quantitative estimate of drug-likeness (QED) is 0.307. The van der Waals surface area contributed by atoms with Crippen molar-refractivity contribution in [3.8, 4) is 0 Å². The minimum Gasteiger partial charge on any atom is -0.480 e. The van der Waals surface area contributed by atoms with Crippen LogP contribution in [0.25, 0.3) is 0 Å². The van der Waals surface area contributed by atoms with Crippen LogP contribution in [0.4, 0.5) is 4.79 Å². The van der Waals surface area contributed by atoms with Gasteiger partial charge in [-0.15, -0.1) is 0 Å². The number of amides is 1. The monoisotopic (exact) mass is 341 g/mol. The molecule has 0 aliphatic carbocycles. The molecular weight excluding hydrogens is 314 g/mol. The van der Waals surface area contributed by atoms with Gasteiger partial charge in [-0.25, -0.2) is 9.59 Å². The van der Waals surface area contributed by atoms with Crippen molar-refractivity contribution in [2.24, 2.45) is 5.73 Å². The Morgan fingerprint density at radius 2 is 1.92 bits per heavy atom. The Morgan fingerprint density at radius 1 is 1.29 bits per heavy atom. The highest BCUT2D eigenvalue weighted by molar-refractivity contribution is 5.98. The number of alkyl carbamates (subject to hydrolysis) is 1. The zero-order valence-electron chi connectivity index (χ0n) is 14.6. The molecular formula is C16H27N3O5. The highest BCUT2D eigenvalue weighted by Gasteiger charge is 2.41. The van der Waals surface area contributed by atoms with Crippen LogP contribution < -0.4 is 16.4 Å². The molecule has 0 fully saturated rings. The first-order chi connectivity index (χ1) is 10.9.